The fourth-order valence-corrected chi connectivity index (χ4v) is 1.78. The molecule has 1 aromatic carbocycles. The van der Waals surface area contributed by atoms with Gasteiger partial charge in [-0.15, -0.1) is 0 Å². The fraction of sp³-hybridized carbons (Fsp3) is 0.0909. The highest BCUT2D eigenvalue weighted by Gasteiger charge is 2.15. The van der Waals surface area contributed by atoms with Gasteiger partial charge in [0.1, 0.15) is 0 Å². The monoisotopic (exact) mass is 248 g/mol. The molecule has 0 saturated heterocycles. The molecule has 0 spiro atoms. The Bertz CT molecular complexity index is 549. The highest BCUT2D eigenvalue weighted by molar-refractivity contribution is 6.62. The summed E-state index contributed by atoms with van der Waals surface area (Å²) in [5.41, 5.74) is 2.57. The third kappa shape index (κ3) is 2.63. The van der Waals surface area contributed by atoms with Crippen LogP contribution in [0.5, 0.6) is 0 Å². The van der Waals surface area contributed by atoms with Crippen LogP contribution < -0.4 is 5.46 Å². The standard InChI is InChI=1S/C11H10BClN2O2/c1-7-5-14-6-11(15-7)8-2-3-9(12(16)17)10(13)4-8/h2-6,16-17H,1H3. The van der Waals surface area contributed by atoms with Crippen LogP contribution in [0.2, 0.25) is 5.02 Å². The molecule has 0 aliphatic carbocycles. The summed E-state index contributed by atoms with van der Waals surface area (Å²) in [6, 6.07) is 4.93. The summed E-state index contributed by atoms with van der Waals surface area (Å²) in [6.45, 7) is 1.85. The number of benzene rings is 1. The van der Waals surface area contributed by atoms with E-state index in [4.69, 9.17) is 21.6 Å². The van der Waals surface area contributed by atoms with Crippen molar-refractivity contribution in [2.45, 2.75) is 6.92 Å². The van der Waals surface area contributed by atoms with Crippen LogP contribution >= 0.6 is 11.6 Å². The van der Waals surface area contributed by atoms with Crippen LogP contribution in [-0.4, -0.2) is 27.1 Å². The molecule has 0 aliphatic heterocycles. The lowest BCUT2D eigenvalue weighted by Crippen LogP contribution is -2.30. The SMILES string of the molecule is Cc1cncc(-c2ccc(B(O)O)c(Cl)c2)n1. The number of hydrogen-bond acceptors (Lipinski definition) is 4. The van der Waals surface area contributed by atoms with Gasteiger partial charge in [-0.25, -0.2) is 4.98 Å². The second kappa shape index (κ2) is 4.83. The maximum Gasteiger partial charge on any atom is 0.489 e. The number of rotatable bonds is 2. The Morgan fingerprint density at radius 2 is 2.00 bits per heavy atom. The molecular weight excluding hydrogens is 238 g/mol. The molecule has 0 amide bonds. The van der Waals surface area contributed by atoms with Crippen LogP contribution in [0.3, 0.4) is 0 Å². The Hall–Kier alpha value is -1.43. The van der Waals surface area contributed by atoms with Crippen molar-refractivity contribution in [2.75, 3.05) is 0 Å². The van der Waals surface area contributed by atoms with E-state index in [1.807, 2.05) is 6.92 Å². The maximum absolute atomic E-state index is 9.05. The molecule has 86 valence electrons. The van der Waals surface area contributed by atoms with E-state index < -0.39 is 7.12 Å². The van der Waals surface area contributed by atoms with Gasteiger partial charge in [0.2, 0.25) is 0 Å². The minimum atomic E-state index is -1.57. The molecule has 1 aromatic heterocycles. The average Bonchev–Trinajstić information content (AvgIpc) is 2.28. The first-order chi connectivity index (χ1) is 8.08. The first-order valence-corrected chi connectivity index (χ1v) is 5.40. The zero-order valence-electron chi connectivity index (χ0n) is 9.13. The molecule has 2 N–H and O–H groups in total. The van der Waals surface area contributed by atoms with Gasteiger partial charge in [0, 0.05) is 22.2 Å². The normalized spacial score (nSPS) is 10.4. The van der Waals surface area contributed by atoms with E-state index in [9.17, 15) is 0 Å². The quantitative estimate of drug-likeness (QED) is 0.771. The molecule has 6 heteroatoms. The number of hydrogen-bond donors (Lipinski definition) is 2. The van der Waals surface area contributed by atoms with Crippen LogP contribution in [0, 0.1) is 6.92 Å². The average molecular weight is 248 g/mol. The minimum Gasteiger partial charge on any atom is -0.423 e. The Balaban J connectivity index is 2.44. The molecule has 0 fully saturated rings. The van der Waals surface area contributed by atoms with Gasteiger partial charge in [-0.1, -0.05) is 23.7 Å². The summed E-state index contributed by atoms with van der Waals surface area (Å²) in [6.07, 6.45) is 3.30. The van der Waals surface area contributed by atoms with E-state index in [-0.39, 0.29) is 5.46 Å². The van der Waals surface area contributed by atoms with Crippen molar-refractivity contribution in [3.63, 3.8) is 0 Å². The summed E-state index contributed by atoms with van der Waals surface area (Å²) in [5, 5.41) is 18.4. The Morgan fingerprint density at radius 3 is 2.59 bits per heavy atom. The topological polar surface area (TPSA) is 66.2 Å². The lowest BCUT2D eigenvalue weighted by molar-refractivity contribution is 0.426. The molecule has 0 aliphatic rings. The summed E-state index contributed by atoms with van der Waals surface area (Å²) in [7, 11) is -1.57. The highest BCUT2D eigenvalue weighted by atomic mass is 35.5. The lowest BCUT2D eigenvalue weighted by Gasteiger charge is -2.06. The molecule has 17 heavy (non-hydrogen) atoms. The summed E-state index contributed by atoms with van der Waals surface area (Å²) in [5.74, 6) is 0. The predicted molar refractivity (Wildman–Crippen MR) is 67.0 cm³/mol. The van der Waals surface area contributed by atoms with Crippen molar-refractivity contribution in [2.24, 2.45) is 0 Å². The van der Waals surface area contributed by atoms with Crippen LogP contribution in [0.25, 0.3) is 11.3 Å². The van der Waals surface area contributed by atoms with Gasteiger partial charge in [0.05, 0.1) is 17.6 Å². The Kier molecular flexibility index (Phi) is 3.42. The van der Waals surface area contributed by atoms with Crippen molar-refractivity contribution < 1.29 is 10.0 Å². The molecule has 2 aromatic rings. The summed E-state index contributed by atoms with van der Waals surface area (Å²) < 4.78 is 0. The predicted octanol–water partition coefficient (Wildman–Crippen LogP) is 0.785. The molecular formula is C11H10BClN2O2. The largest absolute Gasteiger partial charge is 0.489 e. The minimum absolute atomic E-state index is 0.274. The highest BCUT2D eigenvalue weighted by Crippen LogP contribution is 2.19. The van der Waals surface area contributed by atoms with Crippen LogP contribution in [0.15, 0.2) is 30.6 Å². The van der Waals surface area contributed by atoms with Crippen LogP contribution in [-0.2, 0) is 0 Å². The molecule has 0 radical (unpaired) electrons. The number of nitrogens with zero attached hydrogens (tertiary/aromatic N) is 2. The van der Waals surface area contributed by atoms with Gasteiger partial charge in [-0.05, 0) is 13.0 Å². The third-order valence-corrected chi connectivity index (χ3v) is 2.66. The molecule has 2 rings (SSSR count). The Labute approximate surface area is 104 Å². The summed E-state index contributed by atoms with van der Waals surface area (Å²) >= 11 is 5.95. The van der Waals surface area contributed by atoms with E-state index in [0.29, 0.717) is 10.7 Å². The van der Waals surface area contributed by atoms with Crippen molar-refractivity contribution in [1.82, 2.24) is 9.97 Å². The smallest absolute Gasteiger partial charge is 0.423 e. The van der Waals surface area contributed by atoms with Crippen LogP contribution in [0.4, 0.5) is 0 Å². The van der Waals surface area contributed by atoms with E-state index in [1.54, 1.807) is 30.6 Å². The van der Waals surface area contributed by atoms with Gasteiger partial charge < -0.3 is 10.0 Å². The van der Waals surface area contributed by atoms with Gasteiger partial charge in [0.15, 0.2) is 0 Å². The van der Waals surface area contributed by atoms with Gasteiger partial charge in [0.25, 0.3) is 0 Å². The number of halogens is 1. The van der Waals surface area contributed by atoms with Gasteiger partial charge >= 0.3 is 7.12 Å². The number of aryl methyl sites for hydroxylation is 1. The number of aromatic nitrogens is 2. The van der Waals surface area contributed by atoms with E-state index in [2.05, 4.69) is 9.97 Å². The summed E-state index contributed by atoms with van der Waals surface area (Å²) in [4.78, 5) is 8.36. The molecule has 4 nitrogen and oxygen atoms in total. The van der Waals surface area contributed by atoms with Crippen molar-refractivity contribution in [3.05, 3.63) is 41.3 Å². The van der Waals surface area contributed by atoms with Crippen molar-refractivity contribution >= 4 is 24.2 Å². The first-order valence-electron chi connectivity index (χ1n) is 5.02. The third-order valence-electron chi connectivity index (χ3n) is 2.33. The zero-order valence-corrected chi connectivity index (χ0v) is 9.89. The molecule has 0 unspecified atom stereocenters. The van der Waals surface area contributed by atoms with E-state index in [0.717, 1.165) is 11.3 Å². The van der Waals surface area contributed by atoms with Crippen LogP contribution in [0.1, 0.15) is 5.69 Å². The zero-order chi connectivity index (χ0) is 12.4. The Morgan fingerprint density at radius 1 is 1.24 bits per heavy atom. The fourth-order valence-electron chi connectivity index (χ4n) is 1.50. The molecule has 0 saturated carbocycles. The van der Waals surface area contributed by atoms with Crippen molar-refractivity contribution in [1.29, 1.82) is 0 Å². The maximum atomic E-state index is 9.05. The van der Waals surface area contributed by atoms with E-state index in [1.165, 1.54) is 0 Å². The lowest BCUT2D eigenvalue weighted by atomic mass is 9.80. The molecule has 0 atom stereocenters. The van der Waals surface area contributed by atoms with Gasteiger partial charge in [-0.3, -0.25) is 4.98 Å². The second-order valence-electron chi connectivity index (χ2n) is 3.66. The van der Waals surface area contributed by atoms with Crippen molar-refractivity contribution in [3.8, 4) is 11.3 Å². The van der Waals surface area contributed by atoms with E-state index >= 15 is 0 Å². The second-order valence-corrected chi connectivity index (χ2v) is 4.06. The molecule has 0 bridgehead atoms. The molecule has 1 heterocycles. The first kappa shape index (κ1) is 12.0. The van der Waals surface area contributed by atoms with Gasteiger partial charge in [-0.2, -0.15) is 0 Å².